The zero-order valence-corrected chi connectivity index (χ0v) is 17.4. The summed E-state index contributed by atoms with van der Waals surface area (Å²) in [5.41, 5.74) is 0.867. The van der Waals surface area contributed by atoms with E-state index in [-0.39, 0.29) is 27.1 Å². The van der Waals surface area contributed by atoms with Crippen molar-refractivity contribution in [1.82, 2.24) is 4.72 Å². The van der Waals surface area contributed by atoms with Crippen molar-refractivity contribution in [3.05, 3.63) is 52.5 Å². The molecule has 1 aliphatic carbocycles. The average Bonchev–Trinajstić information content (AvgIpc) is 3.23. The Balaban J connectivity index is 1.67. The second-order valence-corrected chi connectivity index (χ2v) is 9.46. The minimum absolute atomic E-state index is 0.0235. The van der Waals surface area contributed by atoms with Gasteiger partial charge in [0.25, 0.3) is 0 Å². The highest BCUT2D eigenvalue weighted by atomic mass is 79.9. The van der Waals surface area contributed by atoms with Gasteiger partial charge in [-0.05, 0) is 53.4 Å². The summed E-state index contributed by atoms with van der Waals surface area (Å²) in [7, 11) is -4.44. The molecule has 0 aromatic heterocycles. The zero-order valence-electron chi connectivity index (χ0n) is 15.0. The summed E-state index contributed by atoms with van der Waals surface area (Å²) in [6.07, 6.45) is 2.82. The molecule has 3 unspecified atom stereocenters. The number of para-hydroxylation sites is 1. The molecule has 2 aromatic rings. The fourth-order valence-electron chi connectivity index (χ4n) is 3.77. The van der Waals surface area contributed by atoms with Crippen molar-refractivity contribution >= 4 is 31.9 Å². The number of halogens is 1. The molecular formula is C19H18BrNO7S. The maximum Gasteiger partial charge on any atom is 0.395 e. The molecule has 0 amide bonds. The van der Waals surface area contributed by atoms with E-state index >= 15 is 0 Å². The van der Waals surface area contributed by atoms with Crippen molar-refractivity contribution < 1.29 is 32.9 Å². The van der Waals surface area contributed by atoms with Crippen molar-refractivity contribution in [2.45, 2.75) is 42.1 Å². The third-order valence-corrected chi connectivity index (χ3v) is 7.51. The summed E-state index contributed by atoms with van der Waals surface area (Å²) < 4.78 is 38.5. The van der Waals surface area contributed by atoms with Crippen molar-refractivity contribution in [2.75, 3.05) is 0 Å². The topological polar surface area (TPSA) is 122 Å². The van der Waals surface area contributed by atoms with Gasteiger partial charge in [-0.15, -0.1) is 4.72 Å². The smallest absolute Gasteiger partial charge is 0.395 e. The van der Waals surface area contributed by atoms with Crippen LogP contribution in [0.5, 0.6) is 11.5 Å². The predicted molar refractivity (Wildman–Crippen MR) is 105 cm³/mol. The standard InChI is InChI=1S/C19H18BrNO7S/c20-13-7-1-2-10-16(13)29(25,26)21-19(24,18(22)23)28-15-9-4-6-12-11-5-3-8-14(11)27-17(12)15/h1-2,4,6-7,9-11,14,21,24H,3,5,8H2,(H,22,23). The highest BCUT2D eigenvalue weighted by Crippen LogP contribution is 2.51. The van der Waals surface area contributed by atoms with Crippen LogP contribution in [-0.4, -0.2) is 36.6 Å². The lowest BCUT2D eigenvalue weighted by Crippen LogP contribution is -2.58. The minimum Gasteiger partial charge on any atom is -0.486 e. The van der Waals surface area contributed by atoms with Crippen molar-refractivity contribution in [3.63, 3.8) is 0 Å². The number of rotatable bonds is 6. The number of nitrogens with one attached hydrogen (secondary N) is 1. The first kappa shape index (κ1) is 20.1. The molecule has 4 rings (SSSR count). The Morgan fingerprint density at radius 2 is 1.97 bits per heavy atom. The van der Waals surface area contributed by atoms with Crippen LogP contribution in [0.3, 0.4) is 0 Å². The molecule has 0 saturated heterocycles. The summed E-state index contributed by atoms with van der Waals surface area (Å²) in [6, 6.07) is 10.8. The number of fused-ring (bicyclic) bond motifs is 3. The van der Waals surface area contributed by atoms with Crippen LogP contribution in [0.2, 0.25) is 0 Å². The number of aliphatic hydroxyl groups is 1. The number of aliphatic carboxylic acids is 1. The SMILES string of the molecule is O=C(O)C(O)(NS(=O)(=O)c1ccccc1Br)Oc1cccc2c1OC1CCCC21. The van der Waals surface area contributed by atoms with Gasteiger partial charge in [0, 0.05) is 16.0 Å². The largest absolute Gasteiger partial charge is 0.486 e. The number of carboxylic acid groups (broad SMARTS) is 1. The van der Waals surface area contributed by atoms with Crippen LogP contribution in [0.25, 0.3) is 0 Å². The molecule has 3 atom stereocenters. The lowest BCUT2D eigenvalue weighted by Gasteiger charge is -2.26. The maximum absolute atomic E-state index is 12.7. The summed E-state index contributed by atoms with van der Waals surface area (Å²) >= 11 is 3.10. The Morgan fingerprint density at radius 1 is 1.21 bits per heavy atom. The molecule has 1 heterocycles. The average molecular weight is 484 g/mol. The number of benzene rings is 2. The highest BCUT2D eigenvalue weighted by molar-refractivity contribution is 9.10. The minimum atomic E-state index is -4.44. The molecule has 8 nitrogen and oxygen atoms in total. The predicted octanol–water partition coefficient (Wildman–Crippen LogP) is 2.57. The van der Waals surface area contributed by atoms with Gasteiger partial charge in [-0.3, -0.25) is 0 Å². The lowest BCUT2D eigenvalue weighted by atomic mass is 9.97. The van der Waals surface area contributed by atoms with E-state index in [1.807, 2.05) is 6.07 Å². The van der Waals surface area contributed by atoms with Gasteiger partial charge in [0.15, 0.2) is 11.5 Å². The first-order chi connectivity index (χ1) is 13.7. The van der Waals surface area contributed by atoms with Gasteiger partial charge in [0.2, 0.25) is 10.0 Å². The van der Waals surface area contributed by atoms with Gasteiger partial charge in [0.1, 0.15) is 6.10 Å². The zero-order chi connectivity index (χ0) is 20.8. The van der Waals surface area contributed by atoms with Gasteiger partial charge in [-0.2, -0.15) is 0 Å². The molecule has 1 aliphatic heterocycles. The number of hydrogen-bond acceptors (Lipinski definition) is 6. The molecule has 1 fully saturated rings. The van der Waals surface area contributed by atoms with Crippen LogP contribution < -0.4 is 14.2 Å². The third kappa shape index (κ3) is 3.61. The van der Waals surface area contributed by atoms with E-state index in [4.69, 9.17) is 9.47 Å². The molecular weight excluding hydrogens is 466 g/mol. The number of ether oxygens (including phenoxy) is 2. The Hall–Kier alpha value is -2.14. The quantitative estimate of drug-likeness (QED) is 0.539. The molecule has 1 saturated carbocycles. The van der Waals surface area contributed by atoms with E-state index in [0.717, 1.165) is 24.8 Å². The molecule has 29 heavy (non-hydrogen) atoms. The van der Waals surface area contributed by atoms with Gasteiger partial charge < -0.3 is 19.7 Å². The van der Waals surface area contributed by atoms with E-state index in [1.54, 1.807) is 16.9 Å². The van der Waals surface area contributed by atoms with E-state index in [0.29, 0.717) is 5.75 Å². The van der Waals surface area contributed by atoms with Crippen LogP contribution in [0, 0.1) is 0 Å². The Bertz CT molecular complexity index is 1070. The third-order valence-electron chi connectivity index (χ3n) is 5.08. The first-order valence-corrected chi connectivity index (χ1v) is 11.2. The van der Waals surface area contributed by atoms with Crippen LogP contribution in [0.15, 0.2) is 51.8 Å². The molecule has 10 heteroatoms. The van der Waals surface area contributed by atoms with E-state index in [2.05, 4.69) is 15.9 Å². The van der Waals surface area contributed by atoms with Crippen molar-refractivity contribution in [2.24, 2.45) is 0 Å². The Kier molecular flexibility index (Phi) is 5.06. The van der Waals surface area contributed by atoms with Gasteiger partial charge in [-0.1, -0.05) is 24.3 Å². The van der Waals surface area contributed by atoms with Gasteiger partial charge >= 0.3 is 11.9 Å². The molecule has 154 valence electrons. The van der Waals surface area contributed by atoms with Crippen LogP contribution in [-0.2, 0) is 14.8 Å². The van der Waals surface area contributed by atoms with Crippen molar-refractivity contribution in [3.8, 4) is 11.5 Å². The summed E-state index contributed by atoms with van der Waals surface area (Å²) in [6.45, 7) is 0. The molecule has 2 aliphatic rings. The van der Waals surface area contributed by atoms with E-state index < -0.39 is 21.9 Å². The van der Waals surface area contributed by atoms with E-state index in [1.165, 1.54) is 24.3 Å². The summed E-state index contributed by atoms with van der Waals surface area (Å²) in [5.74, 6) is -4.67. The highest BCUT2D eigenvalue weighted by Gasteiger charge is 2.46. The summed E-state index contributed by atoms with van der Waals surface area (Å²) in [4.78, 5) is 11.5. The number of hydrogen-bond donors (Lipinski definition) is 3. The first-order valence-electron chi connectivity index (χ1n) is 8.94. The molecule has 2 aromatic carbocycles. The van der Waals surface area contributed by atoms with Crippen LogP contribution in [0.4, 0.5) is 0 Å². The normalized spacial score (nSPS) is 22.3. The van der Waals surface area contributed by atoms with Crippen LogP contribution in [0.1, 0.15) is 30.7 Å². The van der Waals surface area contributed by atoms with E-state index in [9.17, 15) is 23.4 Å². The molecule has 0 radical (unpaired) electrons. The lowest BCUT2D eigenvalue weighted by molar-refractivity contribution is -0.197. The Morgan fingerprint density at radius 3 is 2.69 bits per heavy atom. The summed E-state index contributed by atoms with van der Waals surface area (Å²) in [5, 5.41) is 20.1. The number of sulfonamides is 1. The fraction of sp³-hybridized carbons (Fsp3) is 0.316. The number of carbonyl (C=O) groups is 1. The van der Waals surface area contributed by atoms with Gasteiger partial charge in [-0.25, -0.2) is 13.2 Å². The second-order valence-electron chi connectivity index (χ2n) is 6.96. The molecule has 3 N–H and O–H groups in total. The fourth-order valence-corrected chi connectivity index (χ4v) is 5.88. The van der Waals surface area contributed by atoms with Crippen LogP contribution >= 0.6 is 15.9 Å². The monoisotopic (exact) mass is 483 g/mol. The second kappa shape index (κ2) is 7.28. The maximum atomic E-state index is 12.7. The van der Waals surface area contributed by atoms with Gasteiger partial charge in [0.05, 0.1) is 4.90 Å². The molecule has 0 bridgehead atoms. The number of carboxylic acids is 1. The molecule has 0 spiro atoms. The van der Waals surface area contributed by atoms with Crippen molar-refractivity contribution in [1.29, 1.82) is 0 Å². The Labute approximate surface area is 175 Å².